The molecule has 0 amide bonds. The van der Waals surface area contributed by atoms with Gasteiger partial charge >= 0.3 is 0 Å². The molecule has 0 bridgehead atoms. The van der Waals surface area contributed by atoms with Crippen LogP contribution >= 0.6 is 0 Å². The molecule has 1 aliphatic rings. The van der Waals surface area contributed by atoms with E-state index in [4.69, 9.17) is 4.74 Å². The number of aromatic amines is 1. The van der Waals surface area contributed by atoms with Gasteiger partial charge in [-0.05, 0) is 81.7 Å². The Morgan fingerprint density at radius 2 is 1.82 bits per heavy atom. The lowest BCUT2D eigenvalue weighted by molar-refractivity contribution is 0.187. The van der Waals surface area contributed by atoms with Crippen LogP contribution in [0.5, 0.6) is 5.75 Å². The number of pyridine rings is 1. The molecule has 2 aromatic heterocycles. The molecule has 34 heavy (non-hydrogen) atoms. The number of fused-ring (bicyclic) bond motifs is 1. The Morgan fingerprint density at radius 1 is 1.09 bits per heavy atom. The summed E-state index contributed by atoms with van der Waals surface area (Å²) in [7, 11) is 2.16. The van der Waals surface area contributed by atoms with E-state index in [1.165, 1.54) is 18.9 Å². The van der Waals surface area contributed by atoms with Crippen molar-refractivity contribution >= 4 is 10.9 Å². The van der Waals surface area contributed by atoms with Gasteiger partial charge in [-0.15, -0.1) is 5.10 Å². The van der Waals surface area contributed by atoms with E-state index in [1.807, 2.05) is 24.3 Å². The zero-order valence-electron chi connectivity index (χ0n) is 18.8. The van der Waals surface area contributed by atoms with Crippen LogP contribution in [0.2, 0.25) is 0 Å². The third-order valence-electron chi connectivity index (χ3n) is 6.39. The number of ether oxygens (including phenoxy) is 1. The molecule has 0 unspecified atom stereocenters. The first-order valence-corrected chi connectivity index (χ1v) is 11.3. The molecule has 2 aromatic carbocycles. The third-order valence-corrected chi connectivity index (χ3v) is 6.39. The third kappa shape index (κ3) is 4.70. The molecule has 0 radical (unpaired) electrons. The van der Waals surface area contributed by atoms with Gasteiger partial charge < -0.3 is 14.6 Å². The van der Waals surface area contributed by atoms with Crippen molar-refractivity contribution in [1.29, 1.82) is 0 Å². The summed E-state index contributed by atoms with van der Waals surface area (Å²) in [5, 5.41) is 8.57. The van der Waals surface area contributed by atoms with Crippen molar-refractivity contribution in [3.05, 3.63) is 70.6 Å². The molecule has 0 aliphatic carbocycles. The first-order valence-electron chi connectivity index (χ1n) is 11.3. The minimum Gasteiger partial charge on any atom is -0.494 e. The van der Waals surface area contributed by atoms with Gasteiger partial charge in [-0.3, -0.25) is 4.79 Å². The lowest BCUT2D eigenvalue weighted by atomic mass is 9.94. The highest BCUT2D eigenvalue weighted by Crippen LogP contribution is 2.23. The van der Waals surface area contributed by atoms with Crippen molar-refractivity contribution in [3.63, 3.8) is 0 Å². The Labute approximate surface area is 195 Å². The summed E-state index contributed by atoms with van der Waals surface area (Å²) in [6.45, 7) is 3.00. The second-order valence-corrected chi connectivity index (χ2v) is 8.79. The molecule has 0 spiro atoms. The summed E-state index contributed by atoms with van der Waals surface area (Å²) in [5.41, 5.74) is 1.06. The Kier molecular flexibility index (Phi) is 6.10. The minimum atomic E-state index is -1.02. The summed E-state index contributed by atoms with van der Waals surface area (Å²) >= 11 is 0. The van der Waals surface area contributed by atoms with Gasteiger partial charge in [-0.1, -0.05) is 5.21 Å². The Hall–Kier alpha value is -3.59. The number of halogens is 2. The highest BCUT2D eigenvalue weighted by Gasteiger charge is 2.16. The number of nitrogens with zero attached hydrogens (tertiary/aromatic N) is 4. The summed E-state index contributed by atoms with van der Waals surface area (Å²) in [6.07, 6.45) is 5.11. The quantitative estimate of drug-likeness (QED) is 0.463. The number of hydrogen-bond acceptors (Lipinski definition) is 5. The highest BCUT2D eigenvalue weighted by molar-refractivity contribution is 5.82. The maximum absolute atomic E-state index is 13.6. The van der Waals surface area contributed by atoms with Gasteiger partial charge in [0.25, 0.3) is 5.56 Å². The fraction of sp³-hybridized carbons (Fsp3) is 0.320. The molecule has 3 heterocycles. The van der Waals surface area contributed by atoms with Gasteiger partial charge in [0, 0.05) is 11.5 Å². The van der Waals surface area contributed by atoms with Gasteiger partial charge in [0.15, 0.2) is 11.6 Å². The molecule has 0 saturated carbocycles. The van der Waals surface area contributed by atoms with Crippen molar-refractivity contribution < 1.29 is 13.5 Å². The van der Waals surface area contributed by atoms with Gasteiger partial charge in [0.2, 0.25) is 0 Å². The van der Waals surface area contributed by atoms with Crippen molar-refractivity contribution in [3.8, 4) is 22.7 Å². The molecule has 1 fully saturated rings. The highest BCUT2D eigenvalue weighted by atomic mass is 19.2. The molecule has 1 saturated heterocycles. The number of H-pyrrole nitrogens is 1. The SMILES string of the molecule is CN1CCC(CCOc2ccc(-n3cc(-c4cc5cc(F)c(F)cc5[nH]c4=O)nn3)cc2)CC1. The Morgan fingerprint density at radius 3 is 2.59 bits per heavy atom. The van der Waals surface area contributed by atoms with Crippen molar-refractivity contribution in [2.45, 2.75) is 19.3 Å². The second-order valence-electron chi connectivity index (χ2n) is 8.79. The molecule has 4 aromatic rings. The summed E-state index contributed by atoms with van der Waals surface area (Å²) in [4.78, 5) is 17.4. The molecule has 1 aliphatic heterocycles. The largest absolute Gasteiger partial charge is 0.494 e. The normalized spacial score (nSPS) is 15.1. The van der Waals surface area contributed by atoms with E-state index >= 15 is 0 Å². The average molecular weight is 466 g/mol. The van der Waals surface area contributed by atoms with Crippen LogP contribution in [0.1, 0.15) is 19.3 Å². The van der Waals surface area contributed by atoms with Crippen LogP contribution < -0.4 is 10.3 Å². The van der Waals surface area contributed by atoms with E-state index in [9.17, 15) is 13.6 Å². The predicted octanol–water partition coefficient (Wildman–Crippen LogP) is 4.16. The molecule has 0 atom stereocenters. The van der Waals surface area contributed by atoms with Gasteiger partial charge in [-0.25, -0.2) is 13.5 Å². The van der Waals surface area contributed by atoms with Crippen LogP contribution in [-0.4, -0.2) is 51.6 Å². The first kappa shape index (κ1) is 22.2. The van der Waals surface area contributed by atoms with Gasteiger partial charge in [0.1, 0.15) is 11.4 Å². The van der Waals surface area contributed by atoms with Crippen LogP contribution in [0.4, 0.5) is 8.78 Å². The number of nitrogens with one attached hydrogen (secondary N) is 1. The van der Waals surface area contributed by atoms with Gasteiger partial charge in [-0.2, -0.15) is 0 Å². The molecule has 176 valence electrons. The maximum Gasteiger partial charge on any atom is 0.258 e. The fourth-order valence-electron chi connectivity index (χ4n) is 4.29. The Bertz CT molecular complexity index is 1360. The van der Waals surface area contributed by atoms with Crippen LogP contribution in [-0.2, 0) is 0 Å². The lowest BCUT2D eigenvalue weighted by Crippen LogP contribution is -2.30. The van der Waals surface area contributed by atoms with Crippen LogP contribution in [0, 0.1) is 17.6 Å². The summed E-state index contributed by atoms with van der Waals surface area (Å²) in [6, 6.07) is 11.0. The number of piperidine rings is 1. The van der Waals surface area contributed by atoms with Crippen LogP contribution in [0.25, 0.3) is 27.8 Å². The van der Waals surface area contributed by atoms with E-state index < -0.39 is 17.2 Å². The predicted molar refractivity (Wildman–Crippen MR) is 125 cm³/mol. The van der Waals surface area contributed by atoms with E-state index in [-0.39, 0.29) is 11.1 Å². The van der Waals surface area contributed by atoms with Crippen molar-refractivity contribution in [2.24, 2.45) is 5.92 Å². The number of rotatable bonds is 6. The van der Waals surface area contributed by atoms with Gasteiger partial charge in [0.05, 0.1) is 29.6 Å². The maximum atomic E-state index is 13.6. The van der Waals surface area contributed by atoms with Crippen LogP contribution in [0.3, 0.4) is 0 Å². The van der Waals surface area contributed by atoms with Crippen molar-refractivity contribution in [2.75, 3.05) is 26.7 Å². The van der Waals surface area contributed by atoms with Crippen LogP contribution in [0.15, 0.2) is 53.5 Å². The van der Waals surface area contributed by atoms with E-state index in [0.717, 1.165) is 49.0 Å². The number of aromatic nitrogens is 4. The number of benzene rings is 2. The molecule has 1 N–H and O–H groups in total. The molecule has 9 heteroatoms. The minimum absolute atomic E-state index is 0.214. The van der Waals surface area contributed by atoms with E-state index in [1.54, 1.807) is 10.9 Å². The first-order chi connectivity index (χ1) is 16.5. The number of hydrogen-bond donors (Lipinski definition) is 1. The zero-order valence-corrected chi connectivity index (χ0v) is 18.8. The molecule has 5 rings (SSSR count). The second kappa shape index (κ2) is 9.34. The molecule has 7 nitrogen and oxygen atoms in total. The average Bonchev–Trinajstić information content (AvgIpc) is 3.32. The monoisotopic (exact) mass is 465 g/mol. The standard InChI is InChI=1S/C25H25F2N5O2/c1-31-9-6-16(7-10-31)8-11-34-19-4-2-18(3-5-19)32-15-24(29-30-32)20-12-17-13-21(26)22(27)14-23(17)28-25(20)33/h2-5,12-16H,6-11H2,1H3,(H,28,33). The van der Waals surface area contributed by atoms with Crippen molar-refractivity contribution in [1.82, 2.24) is 24.9 Å². The van der Waals surface area contributed by atoms with E-state index in [0.29, 0.717) is 17.7 Å². The molecular formula is C25H25F2N5O2. The zero-order chi connectivity index (χ0) is 23.7. The lowest BCUT2D eigenvalue weighted by Gasteiger charge is -2.28. The fourth-order valence-corrected chi connectivity index (χ4v) is 4.29. The molecular weight excluding hydrogens is 440 g/mol. The topological polar surface area (TPSA) is 76.0 Å². The summed E-state index contributed by atoms with van der Waals surface area (Å²) in [5.74, 6) is -0.492. The number of likely N-dealkylation sites (tertiary alicyclic amines) is 1. The summed E-state index contributed by atoms with van der Waals surface area (Å²) < 4.78 is 34.5. The van der Waals surface area contributed by atoms with E-state index in [2.05, 4.69) is 27.2 Å². The smallest absolute Gasteiger partial charge is 0.258 e. The Balaban J connectivity index is 1.27.